The van der Waals surface area contributed by atoms with Gasteiger partial charge in [0.15, 0.2) is 0 Å². The monoisotopic (exact) mass is 604 g/mol. The highest BCUT2D eigenvalue weighted by Gasteiger charge is 2.36. The number of carboxylic acids is 1. The first-order chi connectivity index (χ1) is 19.4. The summed E-state index contributed by atoms with van der Waals surface area (Å²) in [7, 11) is 1.75. The predicted octanol–water partition coefficient (Wildman–Crippen LogP) is 7.69. The maximum Gasteiger partial charge on any atom is 0.417 e. The summed E-state index contributed by atoms with van der Waals surface area (Å²) in [6, 6.07) is 13.9. The maximum absolute atomic E-state index is 13.5. The number of carboxylic acid groups (broad SMARTS) is 1. The zero-order chi connectivity index (χ0) is 29.5. The molecule has 1 aliphatic rings. The van der Waals surface area contributed by atoms with Crippen molar-refractivity contribution in [2.45, 2.75) is 45.0 Å². The fraction of sp³-hybridized carbons (Fsp3) is 0.276. The number of para-hydroxylation sites is 1. The Hall–Kier alpha value is -3.76. The number of benzene rings is 3. The number of rotatable bonds is 9. The van der Waals surface area contributed by atoms with Crippen molar-refractivity contribution in [3.8, 4) is 11.4 Å². The Bertz CT molecular complexity index is 1600. The third kappa shape index (κ3) is 6.13. The summed E-state index contributed by atoms with van der Waals surface area (Å²) in [6.07, 6.45) is -2.74. The highest BCUT2D eigenvalue weighted by Crippen LogP contribution is 2.42. The van der Waals surface area contributed by atoms with E-state index in [0.717, 1.165) is 47.6 Å². The first kappa shape index (κ1) is 28.8. The number of hydrogen-bond donors (Lipinski definition) is 1. The molecule has 0 bridgehead atoms. The molecular formula is C29H25Cl2F3N4O3. The van der Waals surface area contributed by atoms with Gasteiger partial charge < -0.3 is 14.7 Å². The van der Waals surface area contributed by atoms with E-state index >= 15 is 0 Å². The van der Waals surface area contributed by atoms with Crippen LogP contribution in [-0.2, 0) is 19.3 Å². The van der Waals surface area contributed by atoms with Crippen molar-refractivity contribution in [3.05, 3.63) is 98.3 Å². The third-order valence-corrected chi connectivity index (χ3v) is 7.51. The second-order valence-corrected chi connectivity index (χ2v) is 10.8. The summed E-state index contributed by atoms with van der Waals surface area (Å²) in [6.45, 7) is 2.18. The van der Waals surface area contributed by atoms with Crippen LogP contribution in [0.1, 0.15) is 57.2 Å². The molecule has 1 aliphatic carbocycles. The van der Waals surface area contributed by atoms with Crippen LogP contribution in [0.2, 0.25) is 10.0 Å². The number of anilines is 1. The Morgan fingerprint density at radius 2 is 1.83 bits per heavy atom. The number of aromatic carboxylic acids is 1. The van der Waals surface area contributed by atoms with E-state index < -0.39 is 23.3 Å². The molecule has 0 radical (unpaired) electrons. The largest absolute Gasteiger partial charge is 0.487 e. The zero-order valence-electron chi connectivity index (χ0n) is 22.0. The highest BCUT2D eigenvalue weighted by molar-refractivity contribution is 6.37. The molecule has 1 fully saturated rings. The van der Waals surface area contributed by atoms with Crippen molar-refractivity contribution in [1.29, 1.82) is 0 Å². The average Bonchev–Trinajstić information content (AvgIpc) is 3.66. The number of nitrogens with zero attached hydrogens (tertiary/aromatic N) is 4. The molecule has 214 valence electrons. The quantitative estimate of drug-likeness (QED) is 0.211. The molecule has 12 heteroatoms. The standard InChI is InChI=1S/C29H25Cl2F3N4O3/c1-16-12-19(9-11-24(16)37(2)14-17-6-10-20(28(39)40)21(13-17)29(32,33)34)41-15-25-26(18-7-8-18)35-36-38(25)27-22(30)4-3-5-23(27)31/h3-6,9-13,18H,7-8,14-15H2,1-2H3,(H,39,40). The molecule has 0 spiro atoms. The predicted molar refractivity (Wildman–Crippen MR) is 149 cm³/mol. The van der Waals surface area contributed by atoms with Gasteiger partial charge in [0.25, 0.3) is 0 Å². The van der Waals surface area contributed by atoms with E-state index in [1.165, 1.54) is 6.07 Å². The Balaban J connectivity index is 1.34. The van der Waals surface area contributed by atoms with E-state index in [1.807, 2.05) is 19.1 Å². The van der Waals surface area contributed by atoms with Crippen molar-refractivity contribution in [2.75, 3.05) is 11.9 Å². The molecule has 5 rings (SSSR count). The minimum absolute atomic E-state index is 0.137. The normalized spacial score (nSPS) is 13.3. The van der Waals surface area contributed by atoms with E-state index in [0.29, 0.717) is 33.0 Å². The van der Waals surface area contributed by atoms with Gasteiger partial charge in [0.05, 0.1) is 26.9 Å². The minimum Gasteiger partial charge on any atom is -0.487 e. The number of aryl methyl sites for hydroxylation is 1. The number of alkyl halides is 3. The molecule has 0 saturated heterocycles. The lowest BCUT2D eigenvalue weighted by Crippen LogP contribution is -2.19. The summed E-state index contributed by atoms with van der Waals surface area (Å²) in [5, 5.41) is 18.7. The molecule has 1 heterocycles. The Labute approximate surface area is 244 Å². The van der Waals surface area contributed by atoms with Crippen molar-refractivity contribution in [2.24, 2.45) is 0 Å². The molecule has 0 aliphatic heterocycles. The van der Waals surface area contributed by atoms with Crippen LogP contribution in [0.15, 0.2) is 54.6 Å². The molecule has 4 aromatic rings. The van der Waals surface area contributed by atoms with Crippen molar-refractivity contribution >= 4 is 34.9 Å². The van der Waals surface area contributed by atoms with Crippen LogP contribution in [0.3, 0.4) is 0 Å². The topological polar surface area (TPSA) is 80.5 Å². The summed E-state index contributed by atoms with van der Waals surface area (Å²) >= 11 is 12.9. The molecule has 0 amide bonds. The molecule has 0 unspecified atom stereocenters. The molecule has 1 N–H and O–H groups in total. The van der Waals surface area contributed by atoms with Gasteiger partial charge in [-0.3, -0.25) is 0 Å². The molecular weight excluding hydrogens is 580 g/mol. The van der Waals surface area contributed by atoms with E-state index in [9.17, 15) is 18.0 Å². The van der Waals surface area contributed by atoms with Crippen LogP contribution in [0.4, 0.5) is 18.9 Å². The van der Waals surface area contributed by atoms with Crippen LogP contribution < -0.4 is 9.64 Å². The molecule has 1 saturated carbocycles. The fourth-order valence-corrected chi connectivity index (χ4v) is 5.32. The van der Waals surface area contributed by atoms with E-state index in [-0.39, 0.29) is 13.2 Å². The summed E-state index contributed by atoms with van der Waals surface area (Å²) in [5.41, 5.74) is 2.14. The number of hydrogen-bond acceptors (Lipinski definition) is 5. The van der Waals surface area contributed by atoms with Gasteiger partial charge in [0.1, 0.15) is 23.7 Å². The zero-order valence-corrected chi connectivity index (χ0v) is 23.6. The number of halogens is 5. The molecule has 3 aromatic carbocycles. The molecule has 41 heavy (non-hydrogen) atoms. The molecule has 7 nitrogen and oxygen atoms in total. The van der Waals surface area contributed by atoms with Gasteiger partial charge >= 0.3 is 12.1 Å². The lowest BCUT2D eigenvalue weighted by Gasteiger charge is -2.23. The van der Waals surface area contributed by atoms with Gasteiger partial charge in [0, 0.05) is 25.2 Å². The van der Waals surface area contributed by atoms with Crippen LogP contribution in [-0.4, -0.2) is 33.1 Å². The van der Waals surface area contributed by atoms with Gasteiger partial charge in [-0.2, -0.15) is 13.2 Å². The van der Waals surface area contributed by atoms with Gasteiger partial charge in [-0.25, -0.2) is 9.48 Å². The lowest BCUT2D eigenvalue weighted by atomic mass is 10.0. The van der Waals surface area contributed by atoms with Crippen LogP contribution in [0.5, 0.6) is 5.75 Å². The number of ether oxygens (including phenoxy) is 1. The third-order valence-electron chi connectivity index (χ3n) is 6.90. The smallest absolute Gasteiger partial charge is 0.417 e. The van der Waals surface area contributed by atoms with Gasteiger partial charge in [0.2, 0.25) is 0 Å². The summed E-state index contributed by atoms with van der Waals surface area (Å²) in [5.74, 6) is -0.727. The first-order valence-corrected chi connectivity index (χ1v) is 13.5. The molecule has 1 aromatic heterocycles. The number of aromatic nitrogens is 3. The SMILES string of the molecule is Cc1cc(OCc2c(C3CC3)nnn2-c2c(Cl)cccc2Cl)ccc1N(C)Cc1ccc(C(=O)O)c(C(F)(F)F)c1. The van der Waals surface area contributed by atoms with Crippen LogP contribution in [0.25, 0.3) is 5.69 Å². The second-order valence-electron chi connectivity index (χ2n) is 9.95. The fourth-order valence-electron chi connectivity index (χ4n) is 4.76. The van der Waals surface area contributed by atoms with Crippen molar-refractivity contribution in [3.63, 3.8) is 0 Å². The van der Waals surface area contributed by atoms with Gasteiger partial charge in [-0.15, -0.1) is 5.10 Å². The van der Waals surface area contributed by atoms with E-state index in [1.54, 1.807) is 40.9 Å². The van der Waals surface area contributed by atoms with Crippen molar-refractivity contribution in [1.82, 2.24) is 15.0 Å². The van der Waals surface area contributed by atoms with Gasteiger partial charge in [-0.05, 0) is 73.4 Å². The first-order valence-electron chi connectivity index (χ1n) is 12.7. The van der Waals surface area contributed by atoms with Crippen LogP contribution in [0, 0.1) is 6.92 Å². The second kappa shape index (κ2) is 11.3. The minimum atomic E-state index is -4.78. The van der Waals surface area contributed by atoms with Gasteiger partial charge in [-0.1, -0.05) is 40.5 Å². The Morgan fingerprint density at radius 1 is 1.12 bits per heavy atom. The van der Waals surface area contributed by atoms with Crippen molar-refractivity contribution < 1.29 is 27.8 Å². The summed E-state index contributed by atoms with van der Waals surface area (Å²) in [4.78, 5) is 13.1. The lowest BCUT2D eigenvalue weighted by molar-refractivity contribution is -0.138. The average molecular weight is 605 g/mol. The highest BCUT2D eigenvalue weighted by atomic mass is 35.5. The Kier molecular flexibility index (Phi) is 7.89. The van der Waals surface area contributed by atoms with E-state index in [4.69, 9.17) is 33.0 Å². The maximum atomic E-state index is 13.5. The number of carbonyl (C=O) groups is 1. The van der Waals surface area contributed by atoms with Crippen LogP contribution >= 0.6 is 23.2 Å². The Morgan fingerprint density at radius 3 is 2.44 bits per heavy atom. The molecule has 0 atom stereocenters. The summed E-state index contributed by atoms with van der Waals surface area (Å²) < 4.78 is 48.1. The van der Waals surface area contributed by atoms with E-state index in [2.05, 4.69) is 10.3 Å².